The highest BCUT2D eigenvalue weighted by Gasteiger charge is 2.26. The average molecular weight is 197 g/mol. The van der Waals surface area contributed by atoms with Crippen molar-refractivity contribution in [3.8, 4) is 0 Å². The molecule has 0 radical (unpaired) electrons. The first-order valence-corrected chi connectivity index (χ1v) is 5.69. The number of hydrogen-bond acceptors (Lipinski definition) is 2. The summed E-state index contributed by atoms with van der Waals surface area (Å²) in [5, 5.41) is 3.50. The van der Waals surface area contributed by atoms with E-state index < -0.39 is 0 Å². The molecular weight excluding hydrogens is 174 g/mol. The van der Waals surface area contributed by atoms with Crippen molar-refractivity contribution < 1.29 is 4.79 Å². The van der Waals surface area contributed by atoms with Crippen LogP contribution in [0.5, 0.6) is 0 Å². The molecule has 0 aliphatic carbocycles. The molecule has 1 aliphatic rings. The topological polar surface area (TPSA) is 29.1 Å². The lowest BCUT2D eigenvalue weighted by molar-refractivity contribution is -0.127. The first-order valence-electron chi connectivity index (χ1n) is 5.69. The van der Waals surface area contributed by atoms with Crippen LogP contribution in [0.3, 0.4) is 0 Å². The molecule has 0 bridgehead atoms. The fourth-order valence-electron chi connectivity index (χ4n) is 1.93. The molecule has 1 heterocycles. The second-order valence-corrected chi connectivity index (χ2v) is 5.57. The Morgan fingerprint density at radius 3 is 2.50 bits per heavy atom. The zero-order valence-electron chi connectivity index (χ0n) is 9.89. The highest BCUT2D eigenvalue weighted by atomic mass is 16.1. The van der Waals surface area contributed by atoms with Crippen molar-refractivity contribution in [2.45, 2.75) is 65.5 Å². The summed E-state index contributed by atoms with van der Waals surface area (Å²) in [5.74, 6) is 0.379. The van der Waals surface area contributed by atoms with Crippen molar-refractivity contribution >= 4 is 5.78 Å². The molecular formula is C12H23NO. The number of carbonyl (C=O) groups excluding carboxylic acids is 1. The number of hydrogen-bond donors (Lipinski definition) is 1. The van der Waals surface area contributed by atoms with E-state index >= 15 is 0 Å². The van der Waals surface area contributed by atoms with Crippen molar-refractivity contribution in [2.24, 2.45) is 5.41 Å². The summed E-state index contributed by atoms with van der Waals surface area (Å²) in [6.45, 7) is 8.21. The van der Waals surface area contributed by atoms with Gasteiger partial charge >= 0.3 is 0 Å². The van der Waals surface area contributed by atoms with Gasteiger partial charge in [0, 0.05) is 23.9 Å². The van der Waals surface area contributed by atoms with E-state index in [0.717, 1.165) is 6.42 Å². The van der Waals surface area contributed by atoms with Gasteiger partial charge in [-0.25, -0.2) is 0 Å². The second-order valence-electron chi connectivity index (χ2n) is 5.57. The minimum Gasteiger partial charge on any atom is -0.311 e. The monoisotopic (exact) mass is 197 g/mol. The van der Waals surface area contributed by atoms with E-state index in [2.05, 4.69) is 12.2 Å². The summed E-state index contributed by atoms with van der Waals surface area (Å²) in [5.41, 5.74) is -0.178. The van der Waals surface area contributed by atoms with Crippen LogP contribution in [0.2, 0.25) is 0 Å². The Kier molecular flexibility index (Phi) is 3.71. The average Bonchev–Trinajstić information content (AvgIpc) is 2.02. The fraction of sp³-hybridized carbons (Fsp3) is 0.917. The predicted molar refractivity (Wildman–Crippen MR) is 59.3 cm³/mol. The van der Waals surface area contributed by atoms with Gasteiger partial charge in [-0.1, -0.05) is 27.2 Å². The molecule has 0 spiro atoms. The van der Waals surface area contributed by atoms with Crippen molar-refractivity contribution in [1.29, 1.82) is 0 Å². The summed E-state index contributed by atoms with van der Waals surface area (Å²) >= 11 is 0. The molecule has 2 nitrogen and oxygen atoms in total. The number of Topliss-reactive ketones (excluding diaryl/α,β-unsaturated/α-hetero) is 1. The van der Waals surface area contributed by atoms with Crippen LogP contribution in [0.4, 0.5) is 0 Å². The van der Waals surface area contributed by atoms with Gasteiger partial charge in [-0.05, 0) is 19.8 Å². The van der Waals surface area contributed by atoms with Gasteiger partial charge in [0.25, 0.3) is 0 Å². The Morgan fingerprint density at radius 1 is 1.36 bits per heavy atom. The van der Waals surface area contributed by atoms with Crippen molar-refractivity contribution in [1.82, 2.24) is 5.32 Å². The largest absolute Gasteiger partial charge is 0.311 e. The lowest BCUT2D eigenvalue weighted by Gasteiger charge is -2.30. The summed E-state index contributed by atoms with van der Waals surface area (Å²) < 4.78 is 0. The molecule has 0 unspecified atom stereocenters. The zero-order valence-corrected chi connectivity index (χ0v) is 9.89. The maximum Gasteiger partial charge on any atom is 0.139 e. The van der Waals surface area contributed by atoms with Crippen molar-refractivity contribution in [3.05, 3.63) is 0 Å². The van der Waals surface area contributed by atoms with E-state index in [1.807, 2.05) is 20.8 Å². The lowest BCUT2D eigenvalue weighted by Crippen LogP contribution is -2.43. The molecule has 0 saturated carbocycles. The number of nitrogens with one attached hydrogen (secondary N) is 1. The third-order valence-corrected chi connectivity index (χ3v) is 2.98. The summed E-state index contributed by atoms with van der Waals surface area (Å²) in [4.78, 5) is 11.8. The maximum absolute atomic E-state index is 11.8. The molecule has 2 atom stereocenters. The third kappa shape index (κ3) is 3.41. The van der Waals surface area contributed by atoms with Gasteiger partial charge in [0.15, 0.2) is 0 Å². The van der Waals surface area contributed by atoms with E-state index in [4.69, 9.17) is 0 Å². The van der Waals surface area contributed by atoms with E-state index in [9.17, 15) is 4.79 Å². The summed E-state index contributed by atoms with van der Waals surface area (Å²) in [6, 6.07) is 1.01. The minimum absolute atomic E-state index is 0.178. The van der Waals surface area contributed by atoms with Crippen LogP contribution in [0.25, 0.3) is 0 Å². The van der Waals surface area contributed by atoms with Crippen LogP contribution < -0.4 is 5.32 Å². The normalized spacial score (nSPS) is 28.9. The summed E-state index contributed by atoms with van der Waals surface area (Å²) in [6.07, 6.45) is 4.37. The SMILES string of the molecule is C[C@@H]1CCC[C@H](CC(=O)C(C)(C)C)N1. The Hall–Kier alpha value is -0.370. The lowest BCUT2D eigenvalue weighted by atomic mass is 9.85. The van der Waals surface area contributed by atoms with Crippen LogP contribution >= 0.6 is 0 Å². The quantitative estimate of drug-likeness (QED) is 0.737. The van der Waals surface area contributed by atoms with Gasteiger partial charge in [0.2, 0.25) is 0 Å². The summed E-state index contributed by atoms with van der Waals surface area (Å²) in [7, 11) is 0. The van der Waals surface area contributed by atoms with E-state index in [-0.39, 0.29) is 5.41 Å². The highest BCUT2D eigenvalue weighted by Crippen LogP contribution is 2.21. The molecule has 82 valence electrons. The van der Waals surface area contributed by atoms with Gasteiger partial charge in [-0.3, -0.25) is 4.79 Å². The van der Waals surface area contributed by atoms with Gasteiger partial charge in [0.05, 0.1) is 0 Å². The molecule has 1 fully saturated rings. The van der Waals surface area contributed by atoms with E-state index in [1.165, 1.54) is 12.8 Å². The van der Waals surface area contributed by atoms with Crippen LogP contribution in [0.15, 0.2) is 0 Å². The van der Waals surface area contributed by atoms with Crippen molar-refractivity contribution in [2.75, 3.05) is 0 Å². The second kappa shape index (κ2) is 4.43. The van der Waals surface area contributed by atoms with Crippen LogP contribution in [-0.2, 0) is 4.79 Å². The molecule has 0 aromatic rings. The number of piperidine rings is 1. The van der Waals surface area contributed by atoms with Crippen molar-refractivity contribution in [3.63, 3.8) is 0 Å². The minimum atomic E-state index is -0.178. The smallest absolute Gasteiger partial charge is 0.139 e. The third-order valence-electron chi connectivity index (χ3n) is 2.98. The Balaban J connectivity index is 2.40. The molecule has 1 aliphatic heterocycles. The highest BCUT2D eigenvalue weighted by molar-refractivity contribution is 5.84. The first-order chi connectivity index (χ1) is 6.39. The van der Waals surface area contributed by atoms with Gasteiger partial charge in [0.1, 0.15) is 5.78 Å². The Labute approximate surface area is 87.5 Å². The standard InChI is InChI=1S/C12H23NO/c1-9-6-5-7-10(13-9)8-11(14)12(2,3)4/h9-10,13H,5-8H2,1-4H3/t9-,10-/m1/s1. The molecule has 0 aromatic carbocycles. The van der Waals surface area contributed by atoms with Crippen LogP contribution in [-0.4, -0.2) is 17.9 Å². The molecule has 2 heteroatoms. The predicted octanol–water partition coefficient (Wildman–Crippen LogP) is 2.52. The molecule has 1 rings (SSSR count). The maximum atomic E-state index is 11.8. The number of carbonyl (C=O) groups is 1. The molecule has 0 aromatic heterocycles. The number of ketones is 1. The Morgan fingerprint density at radius 2 is 2.00 bits per heavy atom. The van der Waals surface area contributed by atoms with Gasteiger partial charge in [-0.15, -0.1) is 0 Å². The zero-order chi connectivity index (χ0) is 10.8. The van der Waals surface area contributed by atoms with Gasteiger partial charge in [-0.2, -0.15) is 0 Å². The number of rotatable bonds is 2. The first kappa shape index (κ1) is 11.7. The van der Waals surface area contributed by atoms with E-state index in [0.29, 0.717) is 24.3 Å². The van der Waals surface area contributed by atoms with Crippen LogP contribution in [0.1, 0.15) is 53.4 Å². The molecule has 0 amide bonds. The van der Waals surface area contributed by atoms with Crippen LogP contribution in [0, 0.1) is 5.41 Å². The molecule has 1 saturated heterocycles. The van der Waals surface area contributed by atoms with Gasteiger partial charge < -0.3 is 5.32 Å². The molecule has 14 heavy (non-hydrogen) atoms. The Bertz CT molecular complexity index is 205. The van der Waals surface area contributed by atoms with E-state index in [1.54, 1.807) is 0 Å². The molecule has 1 N–H and O–H groups in total. The fourth-order valence-corrected chi connectivity index (χ4v) is 1.93.